The second-order valence-electron chi connectivity index (χ2n) is 5.93. The molecule has 1 aromatic heterocycles. The van der Waals surface area contributed by atoms with E-state index < -0.39 is 0 Å². The van der Waals surface area contributed by atoms with Gasteiger partial charge < -0.3 is 15.4 Å². The summed E-state index contributed by atoms with van der Waals surface area (Å²) in [4.78, 5) is 3.80. The average molecular weight is 396 g/mol. The number of hydrogen-bond acceptors (Lipinski definition) is 4. The highest BCUT2D eigenvalue weighted by atomic mass is 35.5. The molecule has 1 aromatic carbocycles. The molecule has 7 heteroatoms. The van der Waals surface area contributed by atoms with Gasteiger partial charge in [0.05, 0.1) is 19.3 Å². The normalized spacial score (nSPS) is 16.4. The van der Waals surface area contributed by atoms with E-state index >= 15 is 0 Å². The summed E-state index contributed by atoms with van der Waals surface area (Å²) in [5, 5.41) is 10.1. The van der Waals surface area contributed by atoms with Crippen LogP contribution >= 0.6 is 35.2 Å². The van der Waals surface area contributed by atoms with Crippen molar-refractivity contribution in [3.05, 3.63) is 51.2 Å². The maximum atomic E-state index is 6.17. The molecule has 134 valence electrons. The van der Waals surface area contributed by atoms with Crippen molar-refractivity contribution in [1.82, 2.24) is 10.2 Å². The highest BCUT2D eigenvalue weighted by Crippen LogP contribution is 2.26. The van der Waals surface area contributed by atoms with E-state index in [1.54, 1.807) is 11.3 Å². The number of nitrogens with one attached hydrogen (secondary N) is 2. The number of nitrogens with zero attached hydrogens (tertiary/aromatic N) is 1. The Hall–Kier alpha value is -1.18. The van der Waals surface area contributed by atoms with Crippen molar-refractivity contribution in [1.29, 1.82) is 0 Å². The molecule has 1 fully saturated rings. The molecule has 2 aromatic rings. The van der Waals surface area contributed by atoms with E-state index in [0.29, 0.717) is 11.2 Å². The smallest absolute Gasteiger partial charge is 0.170 e. The molecule has 4 nitrogen and oxygen atoms in total. The Kier molecular flexibility index (Phi) is 6.67. The summed E-state index contributed by atoms with van der Waals surface area (Å²) in [6.07, 6.45) is 0. The summed E-state index contributed by atoms with van der Waals surface area (Å²) < 4.78 is 5.49. The van der Waals surface area contributed by atoms with Gasteiger partial charge in [-0.3, -0.25) is 4.90 Å². The molecule has 0 radical (unpaired) electrons. The van der Waals surface area contributed by atoms with Gasteiger partial charge in [-0.25, -0.2) is 0 Å². The van der Waals surface area contributed by atoms with Crippen molar-refractivity contribution >= 4 is 46.0 Å². The largest absolute Gasteiger partial charge is 0.379 e. The highest BCUT2D eigenvalue weighted by molar-refractivity contribution is 7.80. The van der Waals surface area contributed by atoms with E-state index in [0.717, 1.165) is 49.1 Å². The fourth-order valence-electron chi connectivity index (χ4n) is 2.88. The predicted molar refractivity (Wildman–Crippen MR) is 110 cm³/mol. The average Bonchev–Trinajstić information content (AvgIpc) is 3.14. The molecule has 1 aliphatic rings. The lowest BCUT2D eigenvalue weighted by Gasteiger charge is -2.34. The third kappa shape index (κ3) is 4.92. The first-order valence-electron chi connectivity index (χ1n) is 8.30. The first kappa shape index (κ1) is 18.6. The molecular weight excluding hydrogens is 374 g/mol. The number of anilines is 1. The van der Waals surface area contributed by atoms with Crippen LogP contribution in [-0.4, -0.2) is 42.9 Å². The summed E-state index contributed by atoms with van der Waals surface area (Å²) in [7, 11) is 0. The minimum absolute atomic E-state index is 0.295. The lowest BCUT2D eigenvalue weighted by Crippen LogP contribution is -2.44. The van der Waals surface area contributed by atoms with Gasteiger partial charge in [-0.05, 0) is 48.3 Å². The van der Waals surface area contributed by atoms with Gasteiger partial charge in [0.2, 0.25) is 0 Å². The molecule has 25 heavy (non-hydrogen) atoms. The molecule has 1 aliphatic heterocycles. The molecule has 2 N–H and O–H groups in total. The minimum atomic E-state index is 0.295. The Balaban J connectivity index is 1.62. The van der Waals surface area contributed by atoms with E-state index in [1.807, 2.05) is 25.1 Å². The van der Waals surface area contributed by atoms with E-state index in [-0.39, 0.29) is 0 Å². The Bertz CT molecular complexity index is 702. The van der Waals surface area contributed by atoms with E-state index in [4.69, 9.17) is 28.6 Å². The Morgan fingerprint density at radius 3 is 2.84 bits per heavy atom. The number of rotatable bonds is 5. The van der Waals surface area contributed by atoms with Crippen LogP contribution in [0.25, 0.3) is 0 Å². The summed E-state index contributed by atoms with van der Waals surface area (Å²) in [6.45, 7) is 6.19. The molecule has 0 saturated carbocycles. The Morgan fingerprint density at radius 2 is 2.12 bits per heavy atom. The number of ether oxygens (including phenoxy) is 1. The van der Waals surface area contributed by atoms with Crippen molar-refractivity contribution in [3.8, 4) is 0 Å². The van der Waals surface area contributed by atoms with Crippen LogP contribution in [0.4, 0.5) is 5.69 Å². The van der Waals surface area contributed by atoms with E-state index in [9.17, 15) is 0 Å². The Morgan fingerprint density at radius 1 is 1.32 bits per heavy atom. The lowest BCUT2D eigenvalue weighted by molar-refractivity contribution is 0.0177. The summed E-state index contributed by atoms with van der Waals surface area (Å²) in [5.74, 6) is 0. The van der Waals surface area contributed by atoms with Crippen molar-refractivity contribution in [2.24, 2.45) is 0 Å². The maximum Gasteiger partial charge on any atom is 0.170 e. The number of halogens is 1. The van der Waals surface area contributed by atoms with Crippen molar-refractivity contribution in [3.63, 3.8) is 0 Å². The molecule has 0 aliphatic carbocycles. The van der Waals surface area contributed by atoms with Gasteiger partial charge in [0.25, 0.3) is 0 Å². The van der Waals surface area contributed by atoms with Gasteiger partial charge in [-0.15, -0.1) is 11.3 Å². The second kappa shape index (κ2) is 8.96. The van der Waals surface area contributed by atoms with Gasteiger partial charge in [-0.1, -0.05) is 23.7 Å². The zero-order valence-corrected chi connectivity index (χ0v) is 16.5. The quantitative estimate of drug-likeness (QED) is 0.746. The number of hydrogen-bond donors (Lipinski definition) is 2. The van der Waals surface area contributed by atoms with Crippen LogP contribution in [0.15, 0.2) is 35.7 Å². The number of thiophene rings is 1. The van der Waals surface area contributed by atoms with Crippen LogP contribution < -0.4 is 10.6 Å². The van der Waals surface area contributed by atoms with Crippen LogP contribution in [0.2, 0.25) is 5.02 Å². The minimum Gasteiger partial charge on any atom is -0.379 e. The van der Waals surface area contributed by atoms with Gasteiger partial charge in [0.15, 0.2) is 5.11 Å². The van der Waals surface area contributed by atoms with Gasteiger partial charge >= 0.3 is 0 Å². The number of thiocarbonyl (C=S) groups is 1. The lowest BCUT2D eigenvalue weighted by atomic mass is 10.2. The predicted octanol–water partition coefficient (Wildman–Crippen LogP) is 4.07. The van der Waals surface area contributed by atoms with Crippen LogP contribution in [0.3, 0.4) is 0 Å². The van der Waals surface area contributed by atoms with Gasteiger partial charge in [0.1, 0.15) is 0 Å². The third-order valence-electron chi connectivity index (χ3n) is 4.33. The summed E-state index contributed by atoms with van der Waals surface area (Å²) in [5.41, 5.74) is 1.93. The molecule has 0 bridgehead atoms. The van der Waals surface area contributed by atoms with Gasteiger partial charge in [-0.2, -0.15) is 0 Å². The van der Waals surface area contributed by atoms with E-state index in [2.05, 4.69) is 33.0 Å². The Labute approximate surface area is 163 Å². The number of benzene rings is 1. The summed E-state index contributed by atoms with van der Waals surface area (Å²) in [6, 6.07) is 10.4. The molecule has 0 unspecified atom stereocenters. The number of morpholine rings is 1. The molecule has 2 heterocycles. The monoisotopic (exact) mass is 395 g/mol. The molecule has 1 atom stereocenters. The zero-order chi connectivity index (χ0) is 17.6. The van der Waals surface area contributed by atoms with Crippen LogP contribution in [0.5, 0.6) is 0 Å². The fourth-order valence-corrected chi connectivity index (χ4v) is 4.11. The highest BCUT2D eigenvalue weighted by Gasteiger charge is 2.23. The van der Waals surface area contributed by atoms with Gasteiger partial charge in [0, 0.05) is 35.2 Å². The third-order valence-corrected chi connectivity index (χ3v) is 5.96. The SMILES string of the molecule is Cc1c(Cl)cccc1NC(=S)NC[C@@H](c1cccs1)N1CCOCC1. The second-order valence-corrected chi connectivity index (χ2v) is 7.72. The molecular formula is C18H22ClN3OS2. The van der Waals surface area contributed by atoms with Crippen molar-refractivity contribution < 1.29 is 4.74 Å². The zero-order valence-electron chi connectivity index (χ0n) is 14.1. The molecule has 1 saturated heterocycles. The topological polar surface area (TPSA) is 36.5 Å². The molecule has 3 rings (SSSR count). The molecule has 0 spiro atoms. The fraction of sp³-hybridized carbons (Fsp3) is 0.389. The van der Waals surface area contributed by atoms with Crippen LogP contribution in [0, 0.1) is 6.92 Å². The van der Waals surface area contributed by atoms with E-state index in [1.165, 1.54) is 4.88 Å². The van der Waals surface area contributed by atoms with Crippen molar-refractivity contribution in [2.45, 2.75) is 13.0 Å². The summed E-state index contributed by atoms with van der Waals surface area (Å²) >= 11 is 13.4. The van der Waals surface area contributed by atoms with Crippen molar-refractivity contribution in [2.75, 3.05) is 38.2 Å². The van der Waals surface area contributed by atoms with Crippen LogP contribution in [0.1, 0.15) is 16.5 Å². The first-order valence-corrected chi connectivity index (χ1v) is 9.97. The first-order chi connectivity index (χ1) is 12.1. The molecule has 0 amide bonds. The maximum absolute atomic E-state index is 6.17. The van der Waals surface area contributed by atoms with Crippen LogP contribution in [-0.2, 0) is 4.74 Å². The standard InChI is InChI=1S/C18H22ClN3OS2/c1-13-14(19)4-2-5-15(13)21-18(24)20-12-16(17-6-3-11-25-17)22-7-9-23-10-8-22/h2-6,11,16H,7-10,12H2,1H3,(H2,20,21,24)/t16-/m0/s1.